The standard InChI is InChI=1S/C12H18N4O2S/c17-9-7-10(14-8-9)11(18)15-2-4-16(5-3-15)12-13-1-6-19-12/h1,6,9-10,14,17H,2-5,7-8H2/t9-,10+/m1/s1. The number of piperazine rings is 1. The van der Waals surface area contributed by atoms with Crippen LogP contribution in [0.1, 0.15) is 6.42 Å². The molecule has 2 N–H and O–H groups in total. The van der Waals surface area contributed by atoms with E-state index >= 15 is 0 Å². The molecule has 0 spiro atoms. The van der Waals surface area contributed by atoms with E-state index < -0.39 is 0 Å². The predicted molar refractivity (Wildman–Crippen MR) is 73.3 cm³/mol. The van der Waals surface area contributed by atoms with Crippen LogP contribution in [0.25, 0.3) is 0 Å². The Hall–Kier alpha value is -1.18. The number of amides is 1. The van der Waals surface area contributed by atoms with Crippen LogP contribution < -0.4 is 10.2 Å². The van der Waals surface area contributed by atoms with Gasteiger partial charge in [-0.15, -0.1) is 11.3 Å². The molecule has 3 rings (SSSR count). The number of β-amino-alcohol motifs (C(OH)–C–C–N with tert-alkyl or cyclic N) is 1. The molecule has 19 heavy (non-hydrogen) atoms. The van der Waals surface area contributed by atoms with Crippen molar-refractivity contribution in [3.8, 4) is 0 Å². The van der Waals surface area contributed by atoms with Gasteiger partial charge >= 0.3 is 0 Å². The smallest absolute Gasteiger partial charge is 0.239 e. The SMILES string of the molecule is O=C([C@@H]1C[C@@H](O)CN1)N1CCN(c2nccs2)CC1. The second-order valence-electron chi connectivity index (χ2n) is 4.98. The Balaban J connectivity index is 1.54. The largest absolute Gasteiger partial charge is 0.392 e. The van der Waals surface area contributed by atoms with Crippen molar-refractivity contribution >= 4 is 22.4 Å². The summed E-state index contributed by atoms with van der Waals surface area (Å²) in [6.07, 6.45) is 1.96. The summed E-state index contributed by atoms with van der Waals surface area (Å²) in [5, 5.41) is 15.5. The molecule has 2 aliphatic rings. The average Bonchev–Trinajstić information content (AvgIpc) is 3.09. The summed E-state index contributed by atoms with van der Waals surface area (Å²) in [5.41, 5.74) is 0. The molecule has 104 valence electrons. The average molecular weight is 282 g/mol. The van der Waals surface area contributed by atoms with Gasteiger partial charge in [-0.2, -0.15) is 0 Å². The van der Waals surface area contributed by atoms with Crippen LogP contribution in [0.5, 0.6) is 0 Å². The minimum absolute atomic E-state index is 0.121. The zero-order valence-corrected chi connectivity index (χ0v) is 11.5. The Kier molecular flexibility index (Phi) is 3.67. The van der Waals surface area contributed by atoms with Crippen LogP contribution in [0.4, 0.5) is 5.13 Å². The molecule has 0 aliphatic carbocycles. The number of anilines is 1. The summed E-state index contributed by atoms with van der Waals surface area (Å²) in [7, 11) is 0. The van der Waals surface area contributed by atoms with Gasteiger partial charge in [-0.05, 0) is 6.42 Å². The summed E-state index contributed by atoms with van der Waals surface area (Å²) < 4.78 is 0. The Morgan fingerprint density at radius 3 is 2.79 bits per heavy atom. The lowest BCUT2D eigenvalue weighted by atomic mass is 10.1. The van der Waals surface area contributed by atoms with Gasteiger partial charge < -0.3 is 20.2 Å². The van der Waals surface area contributed by atoms with Gasteiger partial charge in [0.2, 0.25) is 5.91 Å². The van der Waals surface area contributed by atoms with Crippen molar-refractivity contribution in [2.24, 2.45) is 0 Å². The summed E-state index contributed by atoms with van der Waals surface area (Å²) in [6.45, 7) is 3.64. The molecule has 2 atom stereocenters. The van der Waals surface area contributed by atoms with E-state index in [1.54, 1.807) is 17.5 Å². The van der Waals surface area contributed by atoms with Crippen molar-refractivity contribution in [1.82, 2.24) is 15.2 Å². The fraction of sp³-hybridized carbons (Fsp3) is 0.667. The van der Waals surface area contributed by atoms with Crippen LogP contribution in [-0.2, 0) is 4.79 Å². The molecule has 1 amide bonds. The van der Waals surface area contributed by atoms with Gasteiger partial charge in [-0.1, -0.05) is 0 Å². The summed E-state index contributed by atoms with van der Waals surface area (Å²) in [4.78, 5) is 20.7. The van der Waals surface area contributed by atoms with Gasteiger partial charge in [-0.3, -0.25) is 4.79 Å². The van der Waals surface area contributed by atoms with E-state index in [9.17, 15) is 9.90 Å². The molecule has 1 aromatic heterocycles. The van der Waals surface area contributed by atoms with Crippen LogP contribution in [0.2, 0.25) is 0 Å². The van der Waals surface area contributed by atoms with E-state index in [4.69, 9.17) is 0 Å². The summed E-state index contributed by atoms with van der Waals surface area (Å²) in [5.74, 6) is 0.121. The molecule has 7 heteroatoms. The Morgan fingerprint density at radius 1 is 1.42 bits per heavy atom. The lowest BCUT2D eigenvalue weighted by Gasteiger charge is -2.35. The third-order valence-electron chi connectivity index (χ3n) is 3.69. The summed E-state index contributed by atoms with van der Waals surface area (Å²) >= 11 is 1.63. The van der Waals surface area contributed by atoms with Crippen molar-refractivity contribution in [3.05, 3.63) is 11.6 Å². The molecular formula is C12H18N4O2S. The number of carbonyl (C=O) groups is 1. The maximum atomic E-state index is 12.3. The van der Waals surface area contributed by atoms with Crippen LogP contribution >= 0.6 is 11.3 Å². The number of aliphatic hydroxyl groups excluding tert-OH is 1. The van der Waals surface area contributed by atoms with Gasteiger partial charge in [-0.25, -0.2) is 4.98 Å². The van der Waals surface area contributed by atoms with Crippen molar-refractivity contribution in [3.63, 3.8) is 0 Å². The van der Waals surface area contributed by atoms with E-state index in [1.165, 1.54) is 0 Å². The molecule has 1 aromatic rings. The van der Waals surface area contributed by atoms with Gasteiger partial charge in [0, 0.05) is 44.3 Å². The number of rotatable bonds is 2. The molecule has 0 radical (unpaired) electrons. The third kappa shape index (κ3) is 2.72. The highest BCUT2D eigenvalue weighted by Gasteiger charge is 2.32. The van der Waals surface area contributed by atoms with E-state index in [1.807, 2.05) is 10.3 Å². The number of hydrogen-bond donors (Lipinski definition) is 2. The quantitative estimate of drug-likeness (QED) is 0.766. The van der Waals surface area contributed by atoms with Crippen LogP contribution in [0, 0.1) is 0 Å². The Labute approximate surface area is 116 Å². The van der Waals surface area contributed by atoms with Crippen molar-refractivity contribution in [2.45, 2.75) is 18.6 Å². The van der Waals surface area contributed by atoms with E-state index in [0.717, 1.165) is 31.3 Å². The molecule has 2 fully saturated rings. The molecule has 2 aliphatic heterocycles. The Morgan fingerprint density at radius 2 is 2.21 bits per heavy atom. The van der Waals surface area contributed by atoms with E-state index in [0.29, 0.717) is 13.0 Å². The van der Waals surface area contributed by atoms with Gasteiger partial charge in [0.15, 0.2) is 5.13 Å². The minimum Gasteiger partial charge on any atom is -0.392 e. The van der Waals surface area contributed by atoms with Crippen LogP contribution in [-0.4, -0.2) is 65.8 Å². The molecule has 6 nitrogen and oxygen atoms in total. The maximum Gasteiger partial charge on any atom is 0.239 e. The summed E-state index contributed by atoms with van der Waals surface area (Å²) in [6, 6.07) is -0.207. The van der Waals surface area contributed by atoms with Gasteiger partial charge in [0.1, 0.15) is 0 Å². The number of nitrogens with zero attached hydrogens (tertiary/aromatic N) is 3. The first-order chi connectivity index (χ1) is 9.24. The second-order valence-corrected chi connectivity index (χ2v) is 5.85. The van der Waals surface area contributed by atoms with Gasteiger partial charge in [0.05, 0.1) is 12.1 Å². The first kappa shape index (κ1) is 12.8. The monoisotopic (exact) mass is 282 g/mol. The number of aromatic nitrogens is 1. The first-order valence-corrected chi connectivity index (χ1v) is 7.46. The van der Waals surface area contributed by atoms with E-state index in [-0.39, 0.29) is 18.1 Å². The molecule has 0 aromatic carbocycles. The van der Waals surface area contributed by atoms with Crippen molar-refractivity contribution in [1.29, 1.82) is 0 Å². The minimum atomic E-state index is -0.384. The lowest BCUT2D eigenvalue weighted by Crippen LogP contribution is -2.53. The number of thiazole rings is 1. The molecule has 0 unspecified atom stereocenters. The predicted octanol–water partition coefficient (Wildman–Crippen LogP) is -0.485. The maximum absolute atomic E-state index is 12.3. The van der Waals surface area contributed by atoms with Crippen molar-refractivity contribution < 1.29 is 9.90 Å². The zero-order chi connectivity index (χ0) is 13.2. The number of nitrogens with one attached hydrogen (secondary N) is 1. The second kappa shape index (κ2) is 5.44. The highest BCUT2D eigenvalue weighted by atomic mass is 32.1. The molecular weight excluding hydrogens is 264 g/mol. The number of hydrogen-bond acceptors (Lipinski definition) is 6. The van der Waals surface area contributed by atoms with Crippen LogP contribution in [0.15, 0.2) is 11.6 Å². The molecule has 2 saturated heterocycles. The Bertz CT molecular complexity index is 431. The first-order valence-electron chi connectivity index (χ1n) is 6.59. The fourth-order valence-corrected chi connectivity index (χ4v) is 3.31. The fourth-order valence-electron chi connectivity index (χ4n) is 2.62. The number of carbonyl (C=O) groups excluding carboxylic acids is 1. The molecule has 3 heterocycles. The topological polar surface area (TPSA) is 68.7 Å². The van der Waals surface area contributed by atoms with E-state index in [2.05, 4.69) is 15.2 Å². The highest BCUT2D eigenvalue weighted by molar-refractivity contribution is 7.13. The zero-order valence-electron chi connectivity index (χ0n) is 10.7. The van der Waals surface area contributed by atoms with Gasteiger partial charge in [0.25, 0.3) is 0 Å². The van der Waals surface area contributed by atoms with Crippen LogP contribution in [0.3, 0.4) is 0 Å². The third-order valence-corrected chi connectivity index (χ3v) is 4.52. The van der Waals surface area contributed by atoms with Crippen molar-refractivity contribution in [2.75, 3.05) is 37.6 Å². The number of aliphatic hydroxyl groups is 1. The molecule has 0 saturated carbocycles. The lowest BCUT2D eigenvalue weighted by molar-refractivity contribution is -0.133. The highest BCUT2D eigenvalue weighted by Crippen LogP contribution is 2.19. The normalized spacial score (nSPS) is 27.8. The molecule has 0 bridgehead atoms.